The van der Waals surface area contributed by atoms with Gasteiger partial charge < -0.3 is 8.98 Å². The van der Waals surface area contributed by atoms with Crippen molar-refractivity contribution in [3.63, 3.8) is 0 Å². The van der Waals surface area contributed by atoms with Gasteiger partial charge in [-0.15, -0.1) is 0 Å². The number of hydrogen-bond donors (Lipinski definition) is 0. The summed E-state index contributed by atoms with van der Waals surface area (Å²) in [5.74, 6) is 1.79. The van der Waals surface area contributed by atoms with Crippen LogP contribution in [-0.4, -0.2) is 19.5 Å². The van der Waals surface area contributed by atoms with Crippen molar-refractivity contribution in [2.45, 2.75) is 0 Å². The van der Waals surface area contributed by atoms with Gasteiger partial charge in [-0.05, 0) is 72.9 Å². The lowest BCUT2D eigenvalue weighted by molar-refractivity contribution is 0.669. The Bertz CT molecular complexity index is 4230. The summed E-state index contributed by atoms with van der Waals surface area (Å²) < 4.78 is 8.69. The molecule has 0 saturated carbocycles. The molecule has 0 aliphatic heterocycles. The Labute approximate surface area is 354 Å². The first-order valence-electron chi connectivity index (χ1n) is 20.9. The van der Waals surface area contributed by atoms with E-state index in [2.05, 4.69) is 150 Å². The quantitative estimate of drug-likeness (QED) is 0.178. The molecule has 3 heterocycles. The first-order chi connectivity index (χ1) is 30.8. The number of aromatic nitrogens is 4. The van der Waals surface area contributed by atoms with Gasteiger partial charge in [0, 0.05) is 49.1 Å². The minimum atomic E-state index is 0.590. The van der Waals surface area contributed by atoms with Crippen molar-refractivity contribution >= 4 is 43.7 Å². The van der Waals surface area contributed by atoms with E-state index in [0.717, 1.165) is 55.3 Å². The molecule has 3 aromatic heterocycles. The monoisotopic (exact) mass is 790 g/mol. The normalized spacial score (nSPS) is 11.9. The molecule has 9 aromatic carbocycles. The van der Waals surface area contributed by atoms with Crippen molar-refractivity contribution in [2.75, 3.05) is 0 Å². The molecule has 62 heavy (non-hydrogen) atoms. The zero-order valence-corrected chi connectivity index (χ0v) is 33.3. The van der Waals surface area contributed by atoms with Crippen LogP contribution in [0.25, 0.3) is 83.6 Å². The standard InChI is InChI=1S/C57H34N4O/c1-2-16-35(17-3-1)55-58-56(60-57(59-55)47-28-15-31-51-52(47)46-27-11-13-30-50(46)62-51)36-18-14-19-37(34-36)61-48-29-12-10-26-45(48)54-49(61)33-32-44-42-24-7-6-22-40(42)38-20-4-5-21-39(38)41-23-8-9-25-43(41)53(44)54/h1-34H. The summed E-state index contributed by atoms with van der Waals surface area (Å²) in [6.45, 7) is 0. The number of nitrogens with zero attached hydrogens (tertiary/aromatic N) is 4. The molecule has 5 heteroatoms. The van der Waals surface area contributed by atoms with Gasteiger partial charge in [0.15, 0.2) is 17.5 Å². The Morgan fingerprint density at radius 2 is 0.887 bits per heavy atom. The molecule has 5 nitrogen and oxygen atoms in total. The first-order valence-corrected chi connectivity index (χ1v) is 20.9. The zero-order valence-electron chi connectivity index (χ0n) is 33.3. The summed E-state index contributed by atoms with van der Waals surface area (Å²) >= 11 is 0. The summed E-state index contributed by atoms with van der Waals surface area (Å²) in [6, 6.07) is 72.9. The molecule has 1 aliphatic carbocycles. The van der Waals surface area contributed by atoms with E-state index in [0.29, 0.717) is 17.5 Å². The van der Waals surface area contributed by atoms with Crippen molar-refractivity contribution in [3.8, 4) is 39.9 Å². The van der Waals surface area contributed by atoms with Crippen LogP contribution in [0.15, 0.2) is 211 Å². The van der Waals surface area contributed by atoms with Crippen molar-refractivity contribution in [2.24, 2.45) is 0 Å². The highest BCUT2D eigenvalue weighted by molar-refractivity contribution is 6.12. The SMILES string of the molecule is c1ccc(-c2nc(-c3cccc(-n4c5ccccc5c5c6c(ccc54)=c4ccccc4=c4ccccc4=c4ccccc4=6)c3)nc(-c3cccc4oc5ccccc5c34)n2)cc1. The highest BCUT2D eigenvalue weighted by atomic mass is 16.3. The largest absolute Gasteiger partial charge is 0.456 e. The Morgan fingerprint density at radius 1 is 0.339 bits per heavy atom. The molecule has 0 saturated heterocycles. The van der Waals surface area contributed by atoms with Crippen molar-refractivity contribution in [3.05, 3.63) is 248 Å². The van der Waals surface area contributed by atoms with Gasteiger partial charge in [0.1, 0.15) is 11.2 Å². The molecule has 0 atom stereocenters. The van der Waals surface area contributed by atoms with Gasteiger partial charge in [0.2, 0.25) is 0 Å². The van der Waals surface area contributed by atoms with Crippen LogP contribution in [-0.2, 0) is 0 Å². The average molecular weight is 791 g/mol. The van der Waals surface area contributed by atoms with Crippen LogP contribution in [0.4, 0.5) is 0 Å². The van der Waals surface area contributed by atoms with Crippen LogP contribution < -0.4 is 0 Å². The summed E-state index contributed by atoms with van der Waals surface area (Å²) in [7, 11) is 0. The second kappa shape index (κ2) is 13.6. The van der Waals surface area contributed by atoms with E-state index in [9.17, 15) is 0 Å². The number of fused-ring (bicyclic) bond motifs is 11. The predicted molar refractivity (Wildman–Crippen MR) is 248 cm³/mol. The van der Waals surface area contributed by atoms with Crippen LogP contribution in [0, 0.1) is 41.7 Å². The molecular weight excluding hydrogens is 757 g/mol. The third kappa shape index (κ3) is 5.18. The van der Waals surface area contributed by atoms with Crippen LogP contribution in [0.1, 0.15) is 0 Å². The van der Waals surface area contributed by atoms with E-state index >= 15 is 0 Å². The molecule has 0 radical (unpaired) electrons. The smallest absolute Gasteiger partial charge is 0.164 e. The van der Waals surface area contributed by atoms with Crippen LogP contribution >= 0.6 is 0 Å². The lowest BCUT2D eigenvalue weighted by atomic mass is 9.99. The molecule has 0 bridgehead atoms. The molecule has 13 rings (SSSR count). The third-order valence-corrected chi connectivity index (χ3v) is 12.4. The molecule has 0 unspecified atom stereocenters. The number of hydrogen-bond acceptors (Lipinski definition) is 4. The van der Waals surface area contributed by atoms with E-state index in [1.807, 2.05) is 60.7 Å². The maximum absolute atomic E-state index is 6.30. The predicted octanol–water partition coefficient (Wildman–Crippen LogP) is 13.3. The fourth-order valence-electron chi connectivity index (χ4n) is 9.77. The van der Waals surface area contributed by atoms with Crippen molar-refractivity contribution in [1.82, 2.24) is 19.5 Å². The van der Waals surface area contributed by atoms with Gasteiger partial charge in [-0.25, -0.2) is 15.0 Å². The number of benzene rings is 9. The fourth-order valence-corrected chi connectivity index (χ4v) is 9.77. The number of furan rings is 1. The lowest BCUT2D eigenvalue weighted by Crippen LogP contribution is -2.01. The fraction of sp³-hybridized carbons (Fsp3) is 0. The Balaban J connectivity index is 1.11. The highest BCUT2D eigenvalue weighted by Gasteiger charge is 2.20. The Kier molecular flexibility index (Phi) is 7.54. The van der Waals surface area contributed by atoms with E-state index < -0.39 is 0 Å². The van der Waals surface area contributed by atoms with Crippen LogP contribution in [0.2, 0.25) is 0 Å². The number of rotatable bonds is 4. The van der Waals surface area contributed by atoms with Gasteiger partial charge in [0.05, 0.1) is 11.0 Å². The molecular formula is C57H34N4O. The highest BCUT2D eigenvalue weighted by Crippen LogP contribution is 2.38. The topological polar surface area (TPSA) is 56.7 Å². The van der Waals surface area contributed by atoms with Gasteiger partial charge in [-0.2, -0.15) is 0 Å². The third-order valence-electron chi connectivity index (χ3n) is 12.4. The zero-order chi connectivity index (χ0) is 40.7. The molecule has 288 valence electrons. The minimum absolute atomic E-state index is 0.590. The summed E-state index contributed by atoms with van der Waals surface area (Å²) in [6.07, 6.45) is 0. The minimum Gasteiger partial charge on any atom is -0.456 e. The summed E-state index contributed by atoms with van der Waals surface area (Å²) in [5, 5.41) is 14.3. The summed E-state index contributed by atoms with van der Waals surface area (Å²) in [5.41, 5.74) is 7.60. The molecule has 0 N–H and O–H groups in total. The van der Waals surface area contributed by atoms with Crippen molar-refractivity contribution < 1.29 is 4.42 Å². The van der Waals surface area contributed by atoms with Crippen LogP contribution in [0.3, 0.4) is 0 Å². The van der Waals surface area contributed by atoms with E-state index in [1.54, 1.807) is 0 Å². The van der Waals surface area contributed by atoms with E-state index in [-0.39, 0.29) is 0 Å². The first kappa shape index (κ1) is 34.5. The number of para-hydroxylation sites is 2. The Morgan fingerprint density at radius 3 is 1.65 bits per heavy atom. The van der Waals surface area contributed by atoms with Gasteiger partial charge in [-0.1, -0.05) is 170 Å². The molecule has 0 fully saturated rings. The van der Waals surface area contributed by atoms with Gasteiger partial charge in [0.25, 0.3) is 0 Å². The molecule has 12 aromatic rings. The molecule has 0 amide bonds. The maximum Gasteiger partial charge on any atom is 0.164 e. The van der Waals surface area contributed by atoms with E-state index in [4.69, 9.17) is 19.4 Å². The van der Waals surface area contributed by atoms with Crippen LogP contribution in [0.5, 0.6) is 0 Å². The maximum atomic E-state index is 6.30. The second-order valence-corrected chi connectivity index (χ2v) is 15.9. The van der Waals surface area contributed by atoms with E-state index in [1.165, 1.54) is 52.5 Å². The molecule has 1 aliphatic rings. The second-order valence-electron chi connectivity index (χ2n) is 15.9. The molecule has 0 spiro atoms. The van der Waals surface area contributed by atoms with Gasteiger partial charge in [-0.3, -0.25) is 0 Å². The van der Waals surface area contributed by atoms with Gasteiger partial charge >= 0.3 is 0 Å². The summed E-state index contributed by atoms with van der Waals surface area (Å²) in [4.78, 5) is 15.5. The van der Waals surface area contributed by atoms with Crippen molar-refractivity contribution in [1.29, 1.82) is 0 Å². The Hall–Kier alpha value is -8.41. The lowest BCUT2D eigenvalue weighted by Gasteiger charge is -2.12. The average Bonchev–Trinajstić information content (AvgIpc) is 3.90.